The third-order valence-corrected chi connectivity index (χ3v) is 3.39. The molecule has 9 heteroatoms. The number of benzene rings is 1. The molecule has 1 N–H and O–H groups in total. The van der Waals surface area contributed by atoms with Crippen LogP contribution >= 0.6 is 11.3 Å². The summed E-state index contributed by atoms with van der Waals surface area (Å²) in [5.74, 6) is -0.602. The average molecular weight is 297 g/mol. The van der Waals surface area contributed by atoms with Gasteiger partial charge < -0.3 is 5.32 Å². The predicted octanol–water partition coefficient (Wildman–Crippen LogP) is 3.32. The van der Waals surface area contributed by atoms with Crippen molar-refractivity contribution >= 4 is 27.7 Å². The Balaban J connectivity index is 2.15. The summed E-state index contributed by atoms with van der Waals surface area (Å²) >= 11 is 0.959. The first kappa shape index (κ1) is 13.9. The van der Waals surface area contributed by atoms with Crippen molar-refractivity contribution in [2.75, 3.05) is 5.32 Å². The first-order valence-electron chi connectivity index (χ1n) is 5.37. The maximum absolute atomic E-state index is 13.1. The molecule has 0 atom stereocenters. The monoisotopic (exact) mass is 297 g/mol. The van der Waals surface area contributed by atoms with Crippen molar-refractivity contribution in [1.82, 2.24) is 0 Å². The van der Waals surface area contributed by atoms with Crippen LogP contribution < -0.4 is 5.32 Å². The summed E-state index contributed by atoms with van der Waals surface area (Å²) in [4.78, 5) is 20.2. The van der Waals surface area contributed by atoms with Crippen LogP contribution in [0.25, 0.3) is 0 Å². The molecule has 1 heterocycles. The van der Waals surface area contributed by atoms with Gasteiger partial charge in [0.2, 0.25) is 0 Å². The van der Waals surface area contributed by atoms with Crippen molar-refractivity contribution in [3.05, 3.63) is 61.3 Å². The van der Waals surface area contributed by atoms with Crippen LogP contribution in [0.15, 0.2) is 29.6 Å². The van der Waals surface area contributed by atoms with Crippen molar-refractivity contribution in [2.45, 2.75) is 6.54 Å². The topological polar surface area (TPSA) is 98.3 Å². The van der Waals surface area contributed by atoms with Gasteiger partial charge in [-0.2, -0.15) is 0 Å². The van der Waals surface area contributed by atoms with E-state index in [1.807, 2.05) is 0 Å². The summed E-state index contributed by atoms with van der Waals surface area (Å²) in [5.41, 5.74) is 0.375. The number of nitro groups is 2. The lowest BCUT2D eigenvalue weighted by molar-refractivity contribution is -0.384. The van der Waals surface area contributed by atoms with E-state index in [1.54, 1.807) is 5.38 Å². The number of anilines is 1. The highest BCUT2D eigenvalue weighted by Crippen LogP contribution is 2.27. The SMILES string of the molecule is O=[N+]([O-])c1cc(CNc2cc(F)ccc2[N+](=O)[O-])cs1. The van der Waals surface area contributed by atoms with Crippen molar-refractivity contribution < 1.29 is 14.2 Å². The van der Waals surface area contributed by atoms with Crippen LogP contribution in [-0.4, -0.2) is 9.85 Å². The van der Waals surface area contributed by atoms with Gasteiger partial charge in [-0.3, -0.25) is 20.2 Å². The summed E-state index contributed by atoms with van der Waals surface area (Å²) in [5, 5.41) is 25.6. The molecule has 0 amide bonds. The van der Waals surface area contributed by atoms with Crippen LogP contribution in [0, 0.1) is 26.0 Å². The van der Waals surface area contributed by atoms with Crippen LogP contribution in [0.5, 0.6) is 0 Å². The van der Waals surface area contributed by atoms with E-state index in [4.69, 9.17) is 0 Å². The maximum atomic E-state index is 13.1. The van der Waals surface area contributed by atoms with Gasteiger partial charge in [-0.05, 0) is 11.6 Å². The number of rotatable bonds is 5. The zero-order valence-corrected chi connectivity index (χ0v) is 10.7. The molecule has 104 valence electrons. The Morgan fingerprint density at radius 2 is 1.95 bits per heavy atom. The molecule has 0 spiro atoms. The molecule has 1 aromatic heterocycles. The largest absolute Gasteiger partial charge is 0.375 e. The van der Waals surface area contributed by atoms with E-state index < -0.39 is 15.7 Å². The van der Waals surface area contributed by atoms with Gasteiger partial charge >= 0.3 is 5.00 Å². The van der Waals surface area contributed by atoms with E-state index >= 15 is 0 Å². The molecule has 0 fully saturated rings. The molecule has 2 rings (SSSR count). The van der Waals surface area contributed by atoms with Gasteiger partial charge in [0, 0.05) is 30.1 Å². The molecule has 0 saturated heterocycles. The molecule has 0 aliphatic heterocycles. The highest BCUT2D eigenvalue weighted by molar-refractivity contribution is 7.13. The molecule has 0 saturated carbocycles. The van der Waals surface area contributed by atoms with Crippen LogP contribution in [-0.2, 0) is 6.54 Å². The van der Waals surface area contributed by atoms with Gasteiger partial charge in [-0.25, -0.2) is 4.39 Å². The number of nitrogens with one attached hydrogen (secondary N) is 1. The number of hydrogen-bond acceptors (Lipinski definition) is 6. The minimum Gasteiger partial charge on any atom is -0.375 e. The van der Waals surface area contributed by atoms with E-state index in [-0.39, 0.29) is 22.9 Å². The number of thiophene rings is 1. The zero-order chi connectivity index (χ0) is 14.7. The highest BCUT2D eigenvalue weighted by atomic mass is 32.1. The first-order chi connectivity index (χ1) is 9.47. The standard InChI is InChI=1S/C11H8FN3O4S/c12-8-1-2-10(14(16)17)9(4-8)13-5-7-3-11(15(18)19)20-6-7/h1-4,6,13H,5H2. The molecule has 0 unspecified atom stereocenters. The Hall–Kier alpha value is -2.55. The highest BCUT2D eigenvalue weighted by Gasteiger charge is 2.15. The molecular weight excluding hydrogens is 289 g/mol. The van der Waals surface area contributed by atoms with Crippen LogP contribution in [0.4, 0.5) is 20.8 Å². The lowest BCUT2D eigenvalue weighted by atomic mass is 10.2. The molecule has 7 nitrogen and oxygen atoms in total. The molecular formula is C11H8FN3O4S. The molecule has 2 aromatic rings. The lowest BCUT2D eigenvalue weighted by Crippen LogP contribution is -2.02. The number of nitrogens with zero attached hydrogens (tertiary/aromatic N) is 2. The van der Waals surface area contributed by atoms with Gasteiger partial charge in [0.25, 0.3) is 5.69 Å². The van der Waals surface area contributed by atoms with Crippen molar-refractivity contribution in [1.29, 1.82) is 0 Å². The minimum atomic E-state index is -0.627. The maximum Gasteiger partial charge on any atom is 0.324 e. The summed E-state index contributed by atoms with van der Waals surface area (Å²) < 4.78 is 13.1. The minimum absolute atomic E-state index is 0.0180. The summed E-state index contributed by atoms with van der Waals surface area (Å²) in [6.45, 7) is 0.134. The number of halogens is 1. The normalized spacial score (nSPS) is 10.2. The molecule has 1 aromatic carbocycles. The zero-order valence-electron chi connectivity index (χ0n) is 9.91. The first-order valence-corrected chi connectivity index (χ1v) is 6.25. The van der Waals surface area contributed by atoms with Crippen molar-refractivity contribution in [3.63, 3.8) is 0 Å². The lowest BCUT2D eigenvalue weighted by Gasteiger charge is -2.05. The van der Waals surface area contributed by atoms with E-state index in [1.165, 1.54) is 6.07 Å². The van der Waals surface area contributed by atoms with Crippen LogP contribution in [0.3, 0.4) is 0 Å². The van der Waals surface area contributed by atoms with Gasteiger partial charge in [0.15, 0.2) is 0 Å². The predicted molar refractivity (Wildman–Crippen MR) is 71.4 cm³/mol. The Morgan fingerprint density at radius 1 is 1.20 bits per heavy atom. The molecule has 0 aliphatic rings. The molecule has 20 heavy (non-hydrogen) atoms. The second-order valence-electron chi connectivity index (χ2n) is 3.82. The quantitative estimate of drug-likeness (QED) is 0.674. The fourth-order valence-corrected chi connectivity index (χ4v) is 2.29. The molecule has 0 bridgehead atoms. The molecule has 0 radical (unpaired) electrons. The van der Waals surface area contributed by atoms with E-state index in [0.29, 0.717) is 5.56 Å². The van der Waals surface area contributed by atoms with Gasteiger partial charge in [-0.1, -0.05) is 11.3 Å². The van der Waals surface area contributed by atoms with E-state index in [2.05, 4.69) is 5.32 Å². The van der Waals surface area contributed by atoms with E-state index in [9.17, 15) is 24.6 Å². The Bertz CT molecular complexity index is 673. The number of nitro benzene ring substituents is 1. The Labute approximate surface area is 116 Å². The van der Waals surface area contributed by atoms with Gasteiger partial charge in [0.1, 0.15) is 11.5 Å². The Morgan fingerprint density at radius 3 is 2.55 bits per heavy atom. The summed E-state index contributed by atoms with van der Waals surface area (Å²) in [7, 11) is 0. The van der Waals surface area contributed by atoms with Gasteiger partial charge in [0.05, 0.1) is 9.85 Å². The summed E-state index contributed by atoms with van der Waals surface area (Å²) in [6.07, 6.45) is 0. The molecule has 0 aliphatic carbocycles. The van der Waals surface area contributed by atoms with E-state index in [0.717, 1.165) is 29.5 Å². The smallest absolute Gasteiger partial charge is 0.324 e. The van der Waals surface area contributed by atoms with Crippen molar-refractivity contribution in [3.8, 4) is 0 Å². The van der Waals surface area contributed by atoms with Crippen LogP contribution in [0.1, 0.15) is 5.56 Å². The fourth-order valence-electron chi connectivity index (χ4n) is 1.56. The Kier molecular flexibility index (Phi) is 3.89. The third-order valence-electron chi connectivity index (χ3n) is 2.46. The average Bonchev–Trinajstić information content (AvgIpc) is 2.85. The van der Waals surface area contributed by atoms with Crippen LogP contribution in [0.2, 0.25) is 0 Å². The summed E-state index contributed by atoms with van der Waals surface area (Å²) in [6, 6.07) is 4.44. The fraction of sp³-hybridized carbons (Fsp3) is 0.0909. The van der Waals surface area contributed by atoms with Gasteiger partial charge in [-0.15, -0.1) is 0 Å². The second kappa shape index (κ2) is 5.61. The second-order valence-corrected chi connectivity index (χ2v) is 4.71. The number of hydrogen-bond donors (Lipinski definition) is 1. The third kappa shape index (κ3) is 3.06. The van der Waals surface area contributed by atoms with Crippen molar-refractivity contribution in [2.24, 2.45) is 0 Å².